The summed E-state index contributed by atoms with van der Waals surface area (Å²) in [5.74, 6) is 2.56. The molecular weight excluding hydrogens is 290 g/mol. The van der Waals surface area contributed by atoms with E-state index in [9.17, 15) is 0 Å². The lowest BCUT2D eigenvalue weighted by molar-refractivity contribution is -0.00843. The van der Waals surface area contributed by atoms with Crippen molar-refractivity contribution in [1.29, 1.82) is 0 Å². The maximum Gasteiger partial charge on any atom is 0.161 e. The van der Waals surface area contributed by atoms with Crippen LogP contribution in [0.2, 0.25) is 0 Å². The Morgan fingerprint density at radius 1 is 1.04 bits per heavy atom. The summed E-state index contributed by atoms with van der Waals surface area (Å²) in [5.41, 5.74) is 3.84. The van der Waals surface area contributed by atoms with Gasteiger partial charge in [-0.1, -0.05) is 18.2 Å². The summed E-state index contributed by atoms with van der Waals surface area (Å²) in [6.45, 7) is 3.09. The number of fused-ring (bicyclic) bond motifs is 5. The van der Waals surface area contributed by atoms with Gasteiger partial charge in [0.25, 0.3) is 0 Å². The summed E-state index contributed by atoms with van der Waals surface area (Å²) < 4.78 is 17.1. The number of methoxy groups -OCH3 is 2. The van der Waals surface area contributed by atoms with Crippen molar-refractivity contribution in [2.24, 2.45) is 0 Å². The quantitative estimate of drug-likeness (QED) is 0.850. The van der Waals surface area contributed by atoms with Gasteiger partial charge in [-0.05, 0) is 42.7 Å². The number of para-hydroxylation sites is 1. The van der Waals surface area contributed by atoms with Gasteiger partial charge >= 0.3 is 0 Å². The third kappa shape index (κ3) is 2.17. The second-order valence-corrected chi connectivity index (χ2v) is 6.05. The molecule has 0 saturated heterocycles. The van der Waals surface area contributed by atoms with Crippen molar-refractivity contribution in [3.05, 3.63) is 53.1 Å². The van der Waals surface area contributed by atoms with E-state index in [1.165, 1.54) is 16.7 Å². The molecule has 0 amide bonds. The van der Waals surface area contributed by atoms with Gasteiger partial charge in [0.05, 0.1) is 20.3 Å². The van der Waals surface area contributed by atoms with Crippen molar-refractivity contribution >= 4 is 0 Å². The molecule has 4 nitrogen and oxygen atoms in total. The van der Waals surface area contributed by atoms with E-state index < -0.39 is 0 Å². The van der Waals surface area contributed by atoms with Crippen molar-refractivity contribution in [2.75, 3.05) is 20.8 Å². The number of ether oxygens (including phenoxy) is 3. The van der Waals surface area contributed by atoms with Crippen LogP contribution in [0.15, 0.2) is 36.4 Å². The van der Waals surface area contributed by atoms with Crippen LogP contribution in [0, 0.1) is 0 Å². The molecule has 0 saturated carbocycles. The Bertz CT molecular complexity index is 743. The fraction of sp³-hybridized carbons (Fsp3) is 0.368. The predicted molar refractivity (Wildman–Crippen MR) is 88.3 cm³/mol. The van der Waals surface area contributed by atoms with Gasteiger partial charge in [0, 0.05) is 12.1 Å². The minimum atomic E-state index is 0.0659. The van der Waals surface area contributed by atoms with E-state index in [1.54, 1.807) is 14.2 Å². The zero-order chi connectivity index (χ0) is 16.0. The monoisotopic (exact) mass is 311 g/mol. The van der Waals surface area contributed by atoms with Crippen molar-refractivity contribution in [3.63, 3.8) is 0 Å². The van der Waals surface area contributed by atoms with Gasteiger partial charge in [-0.3, -0.25) is 4.90 Å². The second kappa shape index (κ2) is 5.46. The van der Waals surface area contributed by atoms with Crippen LogP contribution in [0.5, 0.6) is 17.2 Å². The van der Waals surface area contributed by atoms with Gasteiger partial charge in [0.15, 0.2) is 17.7 Å². The van der Waals surface area contributed by atoms with E-state index in [0.29, 0.717) is 0 Å². The first-order valence-corrected chi connectivity index (χ1v) is 7.99. The van der Waals surface area contributed by atoms with Crippen LogP contribution in [0.4, 0.5) is 0 Å². The highest BCUT2D eigenvalue weighted by molar-refractivity contribution is 5.54. The molecule has 2 unspecified atom stereocenters. The molecule has 0 bridgehead atoms. The molecule has 0 radical (unpaired) electrons. The minimum Gasteiger partial charge on any atom is -0.493 e. The number of hydrogen-bond donors (Lipinski definition) is 0. The van der Waals surface area contributed by atoms with Gasteiger partial charge < -0.3 is 14.2 Å². The molecule has 0 spiro atoms. The van der Waals surface area contributed by atoms with Gasteiger partial charge in [-0.2, -0.15) is 0 Å². The molecule has 4 rings (SSSR count). The Balaban J connectivity index is 1.90. The maximum atomic E-state index is 6.09. The van der Waals surface area contributed by atoms with E-state index in [1.807, 2.05) is 6.07 Å². The first-order chi connectivity index (χ1) is 11.2. The van der Waals surface area contributed by atoms with Gasteiger partial charge in [0.1, 0.15) is 5.75 Å². The summed E-state index contributed by atoms with van der Waals surface area (Å²) in [5, 5.41) is 0. The molecule has 2 aliphatic rings. The Morgan fingerprint density at radius 3 is 2.57 bits per heavy atom. The molecule has 0 N–H and O–H groups in total. The Morgan fingerprint density at radius 2 is 1.78 bits per heavy atom. The third-order valence-corrected chi connectivity index (χ3v) is 4.89. The van der Waals surface area contributed by atoms with Crippen LogP contribution in [0.1, 0.15) is 29.7 Å². The molecule has 4 heteroatoms. The number of rotatable bonds is 2. The normalized spacial score (nSPS) is 22.4. The average molecular weight is 311 g/mol. The van der Waals surface area contributed by atoms with Crippen LogP contribution >= 0.6 is 0 Å². The average Bonchev–Trinajstić information content (AvgIpc) is 2.60. The number of benzene rings is 2. The lowest BCUT2D eigenvalue weighted by Gasteiger charge is -2.45. The molecular formula is C19H21NO3. The first-order valence-electron chi connectivity index (χ1n) is 7.99. The van der Waals surface area contributed by atoms with E-state index in [-0.39, 0.29) is 12.3 Å². The van der Waals surface area contributed by atoms with Crippen LogP contribution < -0.4 is 14.2 Å². The molecule has 2 aliphatic heterocycles. The van der Waals surface area contributed by atoms with Crippen LogP contribution in [0.25, 0.3) is 0 Å². The molecule has 120 valence electrons. The van der Waals surface area contributed by atoms with E-state index >= 15 is 0 Å². The fourth-order valence-corrected chi connectivity index (χ4v) is 3.77. The summed E-state index contributed by atoms with van der Waals surface area (Å²) >= 11 is 0. The smallest absolute Gasteiger partial charge is 0.161 e. The Labute approximate surface area is 136 Å². The van der Waals surface area contributed by atoms with Crippen molar-refractivity contribution in [3.8, 4) is 17.2 Å². The number of hydrogen-bond acceptors (Lipinski definition) is 4. The summed E-state index contributed by atoms with van der Waals surface area (Å²) in [6.07, 6.45) is 1.05. The zero-order valence-corrected chi connectivity index (χ0v) is 13.7. The highest BCUT2D eigenvalue weighted by atomic mass is 16.5. The fourth-order valence-electron chi connectivity index (χ4n) is 3.77. The third-order valence-electron chi connectivity index (χ3n) is 4.89. The molecule has 2 atom stereocenters. The highest BCUT2D eigenvalue weighted by Crippen LogP contribution is 2.46. The number of nitrogens with zero attached hydrogens (tertiary/aromatic N) is 1. The Hall–Kier alpha value is -2.20. The van der Waals surface area contributed by atoms with Crippen LogP contribution in [-0.4, -0.2) is 31.9 Å². The van der Waals surface area contributed by atoms with Crippen molar-refractivity contribution < 1.29 is 14.2 Å². The second-order valence-electron chi connectivity index (χ2n) is 6.05. The molecule has 2 heterocycles. The molecule has 2 aromatic rings. The maximum absolute atomic E-state index is 6.09. The van der Waals surface area contributed by atoms with E-state index in [2.05, 4.69) is 42.2 Å². The summed E-state index contributed by atoms with van der Waals surface area (Å²) in [7, 11) is 3.37. The Kier molecular flexibility index (Phi) is 3.42. The minimum absolute atomic E-state index is 0.0659. The topological polar surface area (TPSA) is 30.9 Å². The molecule has 2 aromatic carbocycles. The van der Waals surface area contributed by atoms with Gasteiger partial charge in [-0.25, -0.2) is 0 Å². The summed E-state index contributed by atoms with van der Waals surface area (Å²) in [4.78, 5) is 2.41. The largest absolute Gasteiger partial charge is 0.493 e. The zero-order valence-electron chi connectivity index (χ0n) is 13.7. The highest BCUT2D eigenvalue weighted by Gasteiger charge is 2.38. The van der Waals surface area contributed by atoms with E-state index in [4.69, 9.17) is 14.2 Å². The lowest BCUT2D eigenvalue weighted by Crippen LogP contribution is -2.47. The predicted octanol–water partition coefficient (Wildman–Crippen LogP) is 3.39. The van der Waals surface area contributed by atoms with Crippen molar-refractivity contribution in [1.82, 2.24) is 4.90 Å². The van der Waals surface area contributed by atoms with E-state index in [0.717, 1.165) is 30.2 Å². The molecule has 0 fully saturated rings. The van der Waals surface area contributed by atoms with Crippen LogP contribution in [0.3, 0.4) is 0 Å². The standard InChI is InChI=1S/C19H21NO3/c1-12-20-9-8-13-10-17(21-2)18(22-3)11-15(13)19(20)14-6-4-5-7-16(14)23-12/h4-7,10-12,19H,8-9H2,1-3H3. The van der Waals surface area contributed by atoms with Crippen molar-refractivity contribution in [2.45, 2.75) is 25.6 Å². The SMILES string of the molecule is COc1cc2c(cc1OC)C1c3ccccc3OC(C)N1CC2. The van der Waals surface area contributed by atoms with Crippen LogP contribution in [-0.2, 0) is 6.42 Å². The molecule has 0 aromatic heterocycles. The molecule has 0 aliphatic carbocycles. The summed E-state index contributed by atoms with van der Waals surface area (Å²) in [6, 6.07) is 12.8. The lowest BCUT2D eigenvalue weighted by atomic mass is 9.86. The first kappa shape index (κ1) is 14.4. The molecule has 23 heavy (non-hydrogen) atoms. The van der Waals surface area contributed by atoms with Gasteiger partial charge in [0.2, 0.25) is 0 Å². The van der Waals surface area contributed by atoms with Gasteiger partial charge in [-0.15, -0.1) is 0 Å².